The Balaban J connectivity index is 2.07. The fraction of sp³-hybridized carbons (Fsp3) is 0.235. The number of nitrogens with one attached hydrogen (secondary N) is 1. The second kappa shape index (κ2) is 7.04. The Kier molecular flexibility index (Phi) is 5.12. The van der Waals surface area contributed by atoms with Gasteiger partial charge in [-0.15, -0.1) is 0 Å². The molecule has 0 fully saturated rings. The Morgan fingerprint density at radius 1 is 1.23 bits per heavy atom. The van der Waals surface area contributed by atoms with Crippen molar-refractivity contribution in [1.82, 2.24) is 5.32 Å². The maximum atomic E-state index is 13.7. The predicted molar refractivity (Wildman–Crippen MR) is 81.3 cm³/mol. The molecule has 0 aliphatic carbocycles. The number of aliphatic hydroxyl groups is 1. The molecule has 0 saturated heterocycles. The van der Waals surface area contributed by atoms with Crippen LogP contribution in [0.5, 0.6) is 5.75 Å². The number of carbonyl (C=O) groups is 1. The largest absolute Gasteiger partial charge is 0.508 e. The number of halogens is 1. The lowest BCUT2D eigenvalue weighted by Crippen LogP contribution is -2.39. The summed E-state index contributed by atoms with van der Waals surface area (Å²) in [5.41, 5.74) is 1.59. The molecule has 4 nitrogen and oxygen atoms in total. The van der Waals surface area contributed by atoms with Gasteiger partial charge in [0, 0.05) is 0 Å². The lowest BCUT2D eigenvalue weighted by molar-refractivity contribution is 0.0912. The van der Waals surface area contributed by atoms with E-state index in [0.29, 0.717) is 6.42 Å². The van der Waals surface area contributed by atoms with Crippen molar-refractivity contribution < 1.29 is 19.4 Å². The number of aliphatic hydroxyl groups excluding tert-OH is 1. The summed E-state index contributed by atoms with van der Waals surface area (Å²) in [7, 11) is 0. The van der Waals surface area contributed by atoms with Crippen LogP contribution in [0.25, 0.3) is 0 Å². The number of phenolic OH excluding ortho intramolecular Hbond substituents is 1. The molecule has 1 amide bonds. The fourth-order valence-electron chi connectivity index (χ4n) is 2.15. The topological polar surface area (TPSA) is 69.6 Å². The lowest BCUT2D eigenvalue weighted by atomic mass is 10.1. The van der Waals surface area contributed by atoms with Crippen LogP contribution in [0.4, 0.5) is 4.39 Å². The van der Waals surface area contributed by atoms with Crippen molar-refractivity contribution >= 4 is 5.91 Å². The van der Waals surface area contributed by atoms with Crippen LogP contribution in [0.2, 0.25) is 0 Å². The highest BCUT2D eigenvalue weighted by Crippen LogP contribution is 2.13. The molecule has 0 radical (unpaired) electrons. The number of hydrogen-bond donors (Lipinski definition) is 3. The third-order valence-electron chi connectivity index (χ3n) is 3.34. The molecule has 5 heteroatoms. The van der Waals surface area contributed by atoms with Crippen LogP contribution in [0.1, 0.15) is 21.5 Å². The molecule has 22 heavy (non-hydrogen) atoms. The van der Waals surface area contributed by atoms with Crippen molar-refractivity contribution in [3.05, 3.63) is 65.0 Å². The van der Waals surface area contributed by atoms with E-state index in [1.165, 1.54) is 24.3 Å². The van der Waals surface area contributed by atoms with E-state index in [-0.39, 0.29) is 17.9 Å². The average molecular weight is 303 g/mol. The van der Waals surface area contributed by atoms with Gasteiger partial charge in [0.1, 0.15) is 11.6 Å². The lowest BCUT2D eigenvalue weighted by Gasteiger charge is -2.17. The minimum atomic E-state index is -0.593. The standard InChI is InChI=1S/C17H18FNO3/c1-11-2-7-16(18)15(8-11)17(22)19-13(10-20)9-12-3-5-14(21)6-4-12/h2-8,13,20-21H,9-10H2,1H3,(H,19,22)/t13-/m0/s1. The van der Waals surface area contributed by atoms with E-state index in [4.69, 9.17) is 0 Å². The van der Waals surface area contributed by atoms with Gasteiger partial charge in [-0.2, -0.15) is 0 Å². The first kappa shape index (κ1) is 16.0. The first-order chi connectivity index (χ1) is 10.5. The van der Waals surface area contributed by atoms with Gasteiger partial charge < -0.3 is 15.5 Å². The molecular weight excluding hydrogens is 285 g/mol. The molecule has 0 heterocycles. The highest BCUT2D eigenvalue weighted by Gasteiger charge is 2.17. The first-order valence-electron chi connectivity index (χ1n) is 6.95. The summed E-state index contributed by atoms with van der Waals surface area (Å²) >= 11 is 0. The second-order valence-corrected chi connectivity index (χ2v) is 5.21. The van der Waals surface area contributed by atoms with Crippen LogP contribution in [0.15, 0.2) is 42.5 Å². The van der Waals surface area contributed by atoms with Gasteiger partial charge in [-0.05, 0) is 43.2 Å². The van der Waals surface area contributed by atoms with E-state index in [1.54, 1.807) is 25.1 Å². The van der Waals surface area contributed by atoms with Crippen molar-refractivity contribution in [2.24, 2.45) is 0 Å². The summed E-state index contributed by atoms with van der Waals surface area (Å²) in [6.45, 7) is 1.51. The molecule has 0 spiro atoms. The maximum Gasteiger partial charge on any atom is 0.254 e. The van der Waals surface area contributed by atoms with E-state index < -0.39 is 17.8 Å². The van der Waals surface area contributed by atoms with Crippen LogP contribution in [0, 0.1) is 12.7 Å². The second-order valence-electron chi connectivity index (χ2n) is 5.21. The number of benzene rings is 2. The highest BCUT2D eigenvalue weighted by atomic mass is 19.1. The molecule has 0 saturated carbocycles. The molecule has 116 valence electrons. The molecule has 3 N–H and O–H groups in total. The summed E-state index contributed by atoms with van der Waals surface area (Å²) in [4.78, 5) is 12.1. The zero-order valence-corrected chi connectivity index (χ0v) is 12.2. The van der Waals surface area contributed by atoms with E-state index in [2.05, 4.69) is 5.32 Å². The third kappa shape index (κ3) is 4.05. The van der Waals surface area contributed by atoms with Crippen molar-refractivity contribution in [1.29, 1.82) is 0 Å². The van der Waals surface area contributed by atoms with Gasteiger partial charge in [0.15, 0.2) is 0 Å². The normalized spacial score (nSPS) is 12.0. The number of phenols is 1. The molecule has 2 aromatic carbocycles. The van der Waals surface area contributed by atoms with Gasteiger partial charge in [0.2, 0.25) is 0 Å². The van der Waals surface area contributed by atoms with E-state index in [1.807, 2.05) is 0 Å². The molecular formula is C17H18FNO3. The summed E-state index contributed by atoms with van der Waals surface area (Å²) < 4.78 is 13.7. The molecule has 0 aliphatic heterocycles. The quantitative estimate of drug-likeness (QED) is 0.793. The van der Waals surface area contributed by atoms with Gasteiger partial charge in [-0.25, -0.2) is 4.39 Å². The van der Waals surface area contributed by atoms with Crippen LogP contribution < -0.4 is 5.32 Å². The minimum Gasteiger partial charge on any atom is -0.508 e. The zero-order chi connectivity index (χ0) is 16.1. The molecule has 0 unspecified atom stereocenters. The Hall–Kier alpha value is -2.40. The maximum absolute atomic E-state index is 13.7. The van der Waals surface area contributed by atoms with Crippen molar-refractivity contribution in [2.75, 3.05) is 6.61 Å². The van der Waals surface area contributed by atoms with Crippen LogP contribution in [-0.2, 0) is 6.42 Å². The zero-order valence-electron chi connectivity index (χ0n) is 12.2. The van der Waals surface area contributed by atoms with Gasteiger partial charge in [0.05, 0.1) is 18.2 Å². The van der Waals surface area contributed by atoms with Crippen LogP contribution in [-0.4, -0.2) is 28.8 Å². The molecule has 1 atom stereocenters. The van der Waals surface area contributed by atoms with Gasteiger partial charge in [-0.3, -0.25) is 4.79 Å². The number of rotatable bonds is 5. The van der Waals surface area contributed by atoms with Gasteiger partial charge >= 0.3 is 0 Å². The number of hydrogen-bond acceptors (Lipinski definition) is 3. The summed E-state index contributed by atoms with van der Waals surface area (Å²) in [6, 6.07) is 10.3. The summed E-state index contributed by atoms with van der Waals surface area (Å²) in [5, 5.41) is 21.3. The predicted octanol–water partition coefficient (Wildman–Crippen LogP) is 2.17. The Morgan fingerprint density at radius 2 is 1.91 bits per heavy atom. The third-order valence-corrected chi connectivity index (χ3v) is 3.34. The Morgan fingerprint density at radius 3 is 2.55 bits per heavy atom. The minimum absolute atomic E-state index is 0.0378. The van der Waals surface area contributed by atoms with Crippen molar-refractivity contribution in [3.8, 4) is 5.75 Å². The fourth-order valence-corrected chi connectivity index (χ4v) is 2.15. The molecule has 0 aliphatic rings. The highest BCUT2D eigenvalue weighted by molar-refractivity contribution is 5.94. The summed E-state index contributed by atoms with van der Waals surface area (Å²) in [6.07, 6.45) is 0.385. The van der Waals surface area contributed by atoms with E-state index in [0.717, 1.165) is 11.1 Å². The average Bonchev–Trinajstić information content (AvgIpc) is 2.51. The molecule has 2 aromatic rings. The smallest absolute Gasteiger partial charge is 0.254 e. The monoisotopic (exact) mass is 303 g/mol. The van der Waals surface area contributed by atoms with Gasteiger partial charge in [-0.1, -0.05) is 23.8 Å². The summed E-state index contributed by atoms with van der Waals surface area (Å²) in [5.74, 6) is -1.00. The molecule has 0 aromatic heterocycles. The van der Waals surface area contributed by atoms with Crippen LogP contribution in [0.3, 0.4) is 0 Å². The Bertz CT molecular complexity index is 655. The number of carbonyl (C=O) groups excluding carboxylic acids is 1. The van der Waals surface area contributed by atoms with Crippen molar-refractivity contribution in [3.63, 3.8) is 0 Å². The van der Waals surface area contributed by atoms with E-state index in [9.17, 15) is 19.4 Å². The van der Waals surface area contributed by atoms with E-state index >= 15 is 0 Å². The molecule has 2 rings (SSSR count). The SMILES string of the molecule is Cc1ccc(F)c(C(=O)N[C@H](CO)Cc2ccc(O)cc2)c1. The molecule has 0 bridgehead atoms. The van der Waals surface area contributed by atoms with Gasteiger partial charge in [0.25, 0.3) is 5.91 Å². The number of amides is 1. The first-order valence-corrected chi connectivity index (χ1v) is 6.95. The van der Waals surface area contributed by atoms with Crippen molar-refractivity contribution in [2.45, 2.75) is 19.4 Å². The number of aryl methyl sites for hydroxylation is 1. The van der Waals surface area contributed by atoms with Crippen LogP contribution >= 0.6 is 0 Å². The Labute approximate surface area is 128 Å². The number of aromatic hydroxyl groups is 1.